The molecule has 100 valence electrons. The molecule has 19 heavy (non-hydrogen) atoms. The molecule has 0 aliphatic heterocycles. The van der Waals surface area contributed by atoms with Crippen molar-refractivity contribution in [3.05, 3.63) is 35.4 Å². The van der Waals surface area contributed by atoms with Crippen LogP contribution < -0.4 is 10.6 Å². The molecule has 1 heterocycles. The van der Waals surface area contributed by atoms with Crippen LogP contribution in [0.25, 0.3) is 0 Å². The molecule has 1 aromatic carbocycles. The molecule has 0 aliphatic carbocycles. The van der Waals surface area contributed by atoms with E-state index < -0.39 is 0 Å². The van der Waals surface area contributed by atoms with E-state index in [4.69, 9.17) is 11.6 Å². The lowest BCUT2D eigenvalue weighted by Crippen LogP contribution is -2.14. The first-order chi connectivity index (χ1) is 9.02. The molecule has 1 aromatic heterocycles. The molecule has 0 aliphatic rings. The Morgan fingerprint density at radius 2 is 1.89 bits per heavy atom. The lowest BCUT2D eigenvalue weighted by atomic mass is 10.3. The number of aromatic nitrogens is 3. The molecule has 0 amide bonds. The van der Waals surface area contributed by atoms with Gasteiger partial charge in [0.25, 0.3) is 0 Å². The Bertz CT molecular complexity index is 576. The molecule has 0 saturated carbocycles. The van der Waals surface area contributed by atoms with E-state index in [9.17, 15) is 4.39 Å². The van der Waals surface area contributed by atoms with Gasteiger partial charge in [-0.3, -0.25) is 0 Å². The molecule has 7 heteroatoms. The van der Waals surface area contributed by atoms with Crippen molar-refractivity contribution >= 4 is 29.2 Å². The molecule has 2 N–H and O–H groups in total. The summed E-state index contributed by atoms with van der Waals surface area (Å²) >= 11 is 5.81. The van der Waals surface area contributed by atoms with Crippen LogP contribution >= 0.6 is 11.6 Å². The third kappa shape index (κ3) is 4.03. The Morgan fingerprint density at radius 3 is 2.58 bits per heavy atom. The van der Waals surface area contributed by atoms with E-state index in [1.807, 2.05) is 13.8 Å². The highest BCUT2D eigenvalue weighted by atomic mass is 35.5. The van der Waals surface area contributed by atoms with Crippen molar-refractivity contribution in [3.63, 3.8) is 0 Å². The van der Waals surface area contributed by atoms with Crippen LogP contribution in [0.3, 0.4) is 0 Å². The maximum Gasteiger partial charge on any atom is 0.233 e. The van der Waals surface area contributed by atoms with Gasteiger partial charge in [-0.05, 0) is 43.6 Å². The number of nitrogens with one attached hydrogen (secondary N) is 2. The fourth-order valence-electron chi connectivity index (χ4n) is 1.42. The summed E-state index contributed by atoms with van der Waals surface area (Å²) in [7, 11) is 0. The second-order valence-corrected chi connectivity index (χ2v) is 4.52. The van der Waals surface area contributed by atoms with Crippen LogP contribution in [0.15, 0.2) is 24.3 Å². The number of benzene rings is 1. The van der Waals surface area contributed by atoms with Crippen molar-refractivity contribution in [2.45, 2.75) is 19.9 Å². The predicted octanol–water partition coefficient (Wildman–Crippen LogP) is 3.23. The lowest BCUT2D eigenvalue weighted by molar-refractivity contribution is 0.628. The van der Waals surface area contributed by atoms with Gasteiger partial charge in [0, 0.05) is 11.7 Å². The minimum absolute atomic E-state index is 0.0667. The van der Waals surface area contributed by atoms with Gasteiger partial charge in [-0.25, -0.2) is 4.39 Å². The zero-order valence-corrected chi connectivity index (χ0v) is 11.2. The molecular formula is C12H13ClFN5. The Kier molecular flexibility index (Phi) is 4.11. The Hall–Kier alpha value is -1.95. The van der Waals surface area contributed by atoms with Crippen molar-refractivity contribution in [2.75, 3.05) is 10.6 Å². The molecule has 0 radical (unpaired) electrons. The molecular weight excluding hydrogens is 269 g/mol. The summed E-state index contributed by atoms with van der Waals surface area (Å²) in [6.45, 7) is 3.91. The first kappa shape index (κ1) is 13.5. The standard InChI is InChI=1S/C12H13ClFN5/c1-7(2)15-11-17-10(13)18-12(19-11)16-9-5-3-4-8(14)6-9/h3-7H,1-2H3,(H2,15,16,17,18,19). The van der Waals surface area contributed by atoms with E-state index >= 15 is 0 Å². The average Bonchev–Trinajstić information content (AvgIpc) is 2.26. The van der Waals surface area contributed by atoms with E-state index in [2.05, 4.69) is 25.6 Å². The van der Waals surface area contributed by atoms with Gasteiger partial charge in [0.05, 0.1) is 0 Å². The Balaban J connectivity index is 2.22. The van der Waals surface area contributed by atoms with Gasteiger partial charge in [0.1, 0.15) is 5.82 Å². The normalized spacial score (nSPS) is 10.6. The van der Waals surface area contributed by atoms with Crippen LogP contribution in [0.1, 0.15) is 13.8 Å². The topological polar surface area (TPSA) is 62.7 Å². The van der Waals surface area contributed by atoms with E-state index in [1.165, 1.54) is 12.1 Å². The minimum atomic E-state index is -0.342. The van der Waals surface area contributed by atoms with Crippen molar-refractivity contribution < 1.29 is 4.39 Å². The number of anilines is 3. The van der Waals surface area contributed by atoms with Gasteiger partial charge < -0.3 is 10.6 Å². The molecule has 0 bridgehead atoms. The summed E-state index contributed by atoms with van der Waals surface area (Å²) in [6, 6.07) is 6.16. The zero-order chi connectivity index (χ0) is 13.8. The zero-order valence-electron chi connectivity index (χ0n) is 10.5. The van der Waals surface area contributed by atoms with E-state index in [-0.39, 0.29) is 23.1 Å². The van der Waals surface area contributed by atoms with E-state index in [0.29, 0.717) is 11.6 Å². The highest BCUT2D eigenvalue weighted by Gasteiger charge is 2.06. The van der Waals surface area contributed by atoms with Crippen LogP contribution in [0.5, 0.6) is 0 Å². The monoisotopic (exact) mass is 281 g/mol. The molecule has 0 saturated heterocycles. The fourth-order valence-corrected chi connectivity index (χ4v) is 1.58. The summed E-state index contributed by atoms with van der Waals surface area (Å²) in [5, 5.41) is 5.96. The third-order valence-corrected chi connectivity index (χ3v) is 2.28. The molecule has 2 aromatic rings. The second kappa shape index (κ2) is 5.79. The number of nitrogens with zero attached hydrogens (tertiary/aromatic N) is 3. The number of halogens is 2. The predicted molar refractivity (Wildman–Crippen MR) is 73.3 cm³/mol. The van der Waals surface area contributed by atoms with Crippen molar-refractivity contribution in [1.82, 2.24) is 15.0 Å². The summed E-state index contributed by atoms with van der Waals surface area (Å²) in [5.41, 5.74) is 0.540. The number of hydrogen-bond donors (Lipinski definition) is 2. The lowest BCUT2D eigenvalue weighted by Gasteiger charge is -2.10. The van der Waals surface area contributed by atoms with Crippen LogP contribution in [-0.2, 0) is 0 Å². The molecule has 0 unspecified atom stereocenters. The summed E-state index contributed by atoms with van der Waals surface area (Å²) in [4.78, 5) is 12.0. The van der Waals surface area contributed by atoms with E-state index in [1.54, 1.807) is 12.1 Å². The van der Waals surface area contributed by atoms with Crippen molar-refractivity contribution in [3.8, 4) is 0 Å². The number of rotatable bonds is 4. The maximum absolute atomic E-state index is 13.1. The van der Waals surface area contributed by atoms with Crippen LogP contribution in [-0.4, -0.2) is 21.0 Å². The highest BCUT2D eigenvalue weighted by Crippen LogP contribution is 2.16. The first-order valence-electron chi connectivity index (χ1n) is 5.73. The average molecular weight is 282 g/mol. The Labute approximate surface area is 115 Å². The van der Waals surface area contributed by atoms with Gasteiger partial charge in [-0.15, -0.1) is 0 Å². The molecule has 0 fully saturated rings. The van der Waals surface area contributed by atoms with Gasteiger partial charge in [0.15, 0.2) is 0 Å². The molecule has 2 rings (SSSR count). The minimum Gasteiger partial charge on any atom is -0.352 e. The van der Waals surface area contributed by atoms with Gasteiger partial charge in [-0.1, -0.05) is 6.07 Å². The first-order valence-corrected chi connectivity index (χ1v) is 6.11. The summed E-state index contributed by atoms with van der Waals surface area (Å²) in [6.07, 6.45) is 0. The van der Waals surface area contributed by atoms with Crippen molar-refractivity contribution in [1.29, 1.82) is 0 Å². The largest absolute Gasteiger partial charge is 0.352 e. The SMILES string of the molecule is CC(C)Nc1nc(Cl)nc(Nc2cccc(F)c2)n1. The molecule has 0 atom stereocenters. The fraction of sp³-hybridized carbons (Fsp3) is 0.250. The quantitative estimate of drug-likeness (QED) is 0.901. The highest BCUT2D eigenvalue weighted by molar-refractivity contribution is 6.28. The third-order valence-electron chi connectivity index (χ3n) is 2.11. The summed E-state index contributed by atoms with van der Waals surface area (Å²) in [5.74, 6) is 0.285. The van der Waals surface area contributed by atoms with Gasteiger partial charge in [-0.2, -0.15) is 15.0 Å². The van der Waals surface area contributed by atoms with E-state index in [0.717, 1.165) is 0 Å². The van der Waals surface area contributed by atoms with Gasteiger partial charge >= 0.3 is 0 Å². The Morgan fingerprint density at radius 1 is 1.16 bits per heavy atom. The number of hydrogen-bond acceptors (Lipinski definition) is 5. The molecule has 5 nitrogen and oxygen atoms in total. The smallest absolute Gasteiger partial charge is 0.233 e. The van der Waals surface area contributed by atoms with Crippen LogP contribution in [0.2, 0.25) is 5.28 Å². The summed E-state index contributed by atoms with van der Waals surface area (Å²) < 4.78 is 13.1. The second-order valence-electron chi connectivity index (χ2n) is 4.19. The molecule has 0 spiro atoms. The van der Waals surface area contributed by atoms with Crippen LogP contribution in [0.4, 0.5) is 22.0 Å². The maximum atomic E-state index is 13.1. The van der Waals surface area contributed by atoms with Gasteiger partial charge in [0.2, 0.25) is 17.2 Å². The van der Waals surface area contributed by atoms with Crippen molar-refractivity contribution in [2.24, 2.45) is 0 Å². The van der Waals surface area contributed by atoms with Crippen LogP contribution in [0, 0.1) is 5.82 Å².